The number of hydrogen-bond acceptors (Lipinski definition) is 7. The molecule has 4 N–H and O–H groups in total. The fraction of sp³-hybridized carbons (Fsp3) is 0.500. The van der Waals surface area contributed by atoms with E-state index in [1.165, 1.54) is 4.90 Å². The van der Waals surface area contributed by atoms with Gasteiger partial charge in [-0.05, 0) is 60.9 Å². The average Bonchev–Trinajstić information content (AvgIpc) is 2.84. The second-order valence-electron chi connectivity index (χ2n) is 9.01. The Balaban J connectivity index is 1.26. The number of benzene rings is 2. The van der Waals surface area contributed by atoms with Crippen LogP contribution in [0.25, 0.3) is 0 Å². The summed E-state index contributed by atoms with van der Waals surface area (Å²) in [5, 5.41) is 14.2. The number of likely N-dealkylation sites (tertiary alicyclic amines) is 1. The first-order valence-corrected chi connectivity index (χ1v) is 13.0. The van der Waals surface area contributed by atoms with Crippen LogP contribution in [0.3, 0.4) is 0 Å². The Morgan fingerprint density at radius 2 is 1.94 bits per heavy atom. The number of piperidine rings is 1. The largest absolute Gasteiger partial charge is 0.486 e. The standard InChI is InChI=1S/C26H35N3O4S/c1-3-34-20-7-5-18(6-8-20)25(26(27)31)29-12-10-19(11-13-29)28-15-21(30)24-16-32-22-9-4-17(2)14-23(22)33-24/h4-9,14,19,21,24-25,28,30H,3,10-13,15-16H2,1-2H3,(H2,27,31). The first-order chi connectivity index (χ1) is 16.4. The number of hydrogen-bond donors (Lipinski definition) is 3. The number of thioether (sulfide) groups is 1. The molecule has 3 atom stereocenters. The molecule has 2 aliphatic heterocycles. The molecule has 2 aliphatic rings. The van der Waals surface area contributed by atoms with Gasteiger partial charge in [0.25, 0.3) is 0 Å². The fourth-order valence-corrected chi connectivity index (χ4v) is 5.30. The minimum atomic E-state index is -0.676. The Morgan fingerprint density at radius 1 is 1.21 bits per heavy atom. The molecule has 0 radical (unpaired) electrons. The number of amides is 1. The van der Waals surface area contributed by atoms with Gasteiger partial charge in [-0.15, -0.1) is 11.8 Å². The number of ether oxygens (including phenoxy) is 2. The normalized spacial score (nSPS) is 20.6. The van der Waals surface area contributed by atoms with Gasteiger partial charge in [-0.3, -0.25) is 9.69 Å². The van der Waals surface area contributed by atoms with Crippen LogP contribution in [0.2, 0.25) is 0 Å². The van der Waals surface area contributed by atoms with E-state index in [2.05, 4.69) is 29.3 Å². The van der Waals surface area contributed by atoms with Gasteiger partial charge in [0.15, 0.2) is 17.6 Å². The van der Waals surface area contributed by atoms with Crippen molar-refractivity contribution in [2.24, 2.45) is 5.73 Å². The highest BCUT2D eigenvalue weighted by Crippen LogP contribution is 2.33. The molecule has 1 fully saturated rings. The monoisotopic (exact) mass is 485 g/mol. The van der Waals surface area contributed by atoms with Crippen LogP contribution in [0.1, 0.15) is 36.9 Å². The molecule has 2 aromatic rings. The van der Waals surface area contributed by atoms with E-state index in [9.17, 15) is 9.90 Å². The maximum Gasteiger partial charge on any atom is 0.239 e. The first-order valence-electron chi connectivity index (χ1n) is 12.0. The zero-order valence-electron chi connectivity index (χ0n) is 19.9. The van der Waals surface area contributed by atoms with Crippen molar-refractivity contribution in [1.29, 1.82) is 0 Å². The van der Waals surface area contributed by atoms with E-state index in [0.29, 0.717) is 18.9 Å². The number of rotatable bonds is 9. The van der Waals surface area contributed by atoms with Gasteiger partial charge in [0.2, 0.25) is 5.91 Å². The predicted octanol–water partition coefficient (Wildman–Crippen LogP) is 2.89. The zero-order chi connectivity index (χ0) is 24.1. The summed E-state index contributed by atoms with van der Waals surface area (Å²) in [6.07, 6.45) is 0.675. The summed E-state index contributed by atoms with van der Waals surface area (Å²) in [4.78, 5) is 15.7. The molecule has 1 saturated heterocycles. The quantitative estimate of drug-likeness (QED) is 0.470. The van der Waals surface area contributed by atoms with Crippen LogP contribution < -0.4 is 20.5 Å². The number of aliphatic hydroxyl groups excluding tert-OH is 1. The summed E-state index contributed by atoms with van der Waals surface area (Å²) >= 11 is 1.78. The van der Waals surface area contributed by atoms with Crippen LogP contribution in [-0.4, -0.2) is 66.2 Å². The molecular formula is C26H35N3O4S. The van der Waals surface area contributed by atoms with E-state index in [0.717, 1.165) is 48.6 Å². The highest BCUT2D eigenvalue weighted by atomic mass is 32.2. The third kappa shape index (κ3) is 6.05. The molecule has 0 aliphatic carbocycles. The van der Waals surface area contributed by atoms with E-state index in [4.69, 9.17) is 15.2 Å². The van der Waals surface area contributed by atoms with Gasteiger partial charge in [-0.2, -0.15) is 0 Å². The van der Waals surface area contributed by atoms with E-state index in [1.807, 2.05) is 37.3 Å². The summed E-state index contributed by atoms with van der Waals surface area (Å²) < 4.78 is 11.8. The first kappa shape index (κ1) is 24.9. The predicted molar refractivity (Wildman–Crippen MR) is 134 cm³/mol. The van der Waals surface area contributed by atoms with Gasteiger partial charge >= 0.3 is 0 Å². The smallest absolute Gasteiger partial charge is 0.239 e. The van der Waals surface area contributed by atoms with Crippen molar-refractivity contribution < 1.29 is 19.4 Å². The summed E-state index contributed by atoms with van der Waals surface area (Å²) in [7, 11) is 0. The van der Waals surface area contributed by atoms with E-state index in [1.54, 1.807) is 11.8 Å². The minimum Gasteiger partial charge on any atom is -0.486 e. The molecule has 2 heterocycles. The van der Waals surface area contributed by atoms with Gasteiger partial charge in [-0.1, -0.05) is 25.1 Å². The molecule has 184 valence electrons. The molecule has 0 saturated carbocycles. The summed E-state index contributed by atoms with van der Waals surface area (Å²) in [6, 6.07) is 13.8. The van der Waals surface area contributed by atoms with E-state index < -0.39 is 18.2 Å². The summed E-state index contributed by atoms with van der Waals surface area (Å²) in [5.74, 6) is 2.10. The molecular weight excluding hydrogens is 450 g/mol. The molecule has 0 aromatic heterocycles. The van der Waals surface area contributed by atoms with Crippen molar-refractivity contribution in [3.05, 3.63) is 53.6 Å². The van der Waals surface area contributed by atoms with Crippen molar-refractivity contribution in [1.82, 2.24) is 10.2 Å². The van der Waals surface area contributed by atoms with Gasteiger partial charge in [0.05, 0.1) is 0 Å². The Labute approximate surface area is 206 Å². The van der Waals surface area contributed by atoms with Gasteiger partial charge in [-0.25, -0.2) is 0 Å². The highest BCUT2D eigenvalue weighted by molar-refractivity contribution is 7.99. The lowest BCUT2D eigenvalue weighted by molar-refractivity contribution is -0.124. The second-order valence-corrected chi connectivity index (χ2v) is 10.3. The summed E-state index contributed by atoms with van der Waals surface area (Å²) in [6.45, 7) is 6.41. The molecule has 0 spiro atoms. The lowest BCUT2D eigenvalue weighted by Gasteiger charge is -2.37. The van der Waals surface area contributed by atoms with Crippen LogP contribution in [0, 0.1) is 6.92 Å². The average molecular weight is 486 g/mol. The number of nitrogens with two attached hydrogens (primary N) is 1. The molecule has 34 heavy (non-hydrogen) atoms. The van der Waals surface area contributed by atoms with Crippen LogP contribution in [-0.2, 0) is 4.79 Å². The number of carbonyl (C=O) groups excluding carboxylic acids is 1. The number of primary amides is 1. The molecule has 2 aromatic carbocycles. The number of nitrogens with zero attached hydrogens (tertiary/aromatic N) is 1. The third-order valence-corrected chi connectivity index (χ3v) is 7.39. The zero-order valence-corrected chi connectivity index (χ0v) is 20.7. The van der Waals surface area contributed by atoms with E-state index >= 15 is 0 Å². The van der Waals surface area contributed by atoms with Gasteiger partial charge < -0.3 is 25.6 Å². The van der Waals surface area contributed by atoms with Crippen molar-refractivity contribution in [3.8, 4) is 11.5 Å². The fourth-order valence-electron chi connectivity index (χ4n) is 4.63. The highest BCUT2D eigenvalue weighted by Gasteiger charge is 2.31. The van der Waals surface area contributed by atoms with E-state index in [-0.39, 0.29) is 11.9 Å². The third-order valence-electron chi connectivity index (χ3n) is 6.50. The Hall–Kier alpha value is -2.26. The van der Waals surface area contributed by atoms with Crippen molar-refractivity contribution in [2.75, 3.05) is 32.0 Å². The number of fused-ring (bicyclic) bond motifs is 1. The molecule has 3 unspecified atom stereocenters. The van der Waals surface area contributed by atoms with Gasteiger partial charge in [0.1, 0.15) is 18.8 Å². The SMILES string of the molecule is CCSc1ccc(C(C(N)=O)N2CCC(NCC(O)C3COc4ccc(C)cc4O3)CC2)cc1. The number of aliphatic hydroxyl groups is 1. The lowest BCUT2D eigenvalue weighted by atomic mass is 9.98. The maximum absolute atomic E-state index is 12.3. The van der Waals surface area contributed by atoms with Gasteiger partial charge in [0, 0.05) is 30.6 Å². The maximum atomic E-state index is 12.3. The Bertz CT molecular complexity index is 963. The van der Waals surface area contributed by atoms with Crippen LogP contribution in [0.15, 0.2) is 47.4 Å². The number of aryl methyl sites for hydroxylation is 1. The summed E-state index contributed by atoms with van der Waals surface area (Å²) in [5.41, 5.74) is 7.83. The number of carbonyl (C=O) groups is 1. The molecule has 7 nitrogen and oxygen atoms in total. The van der Waals surface area contributed by atoms with Crippen molar-refractivity contribution in [2.45, 2.75) is 55.9 Å². The molecule has 0 bridgehead atoms. The molecule has 1 amide bonds. The lowest BCUT2D eigenvalue weighted by Crippen LogP contribution is -2.50. The molecule has 8 heteroatoms. The van der Waals surface area contributed by atoms with Crippen LogP contribution >= 0.6 is 11.8 Å². The second kappa shape index (κ2) is 11.4. The molecule has 4 rings (SSSR count). The topological polar surface area (TPSA) is 97.1 Å². The van der Waals surface area contributed by atoms with Crippen LogP contribution in [0.4, 0.5) is 0 Å². The van der Waals surface area contributed by atoms with Crippen molar-refractivity contribution in [3.63, 3.8) is 0 Å². The Morgan fingerprint density at radius 3 is 2.62 bits per heavy atom. The Kier molecular flexibility index (Phi) is 8.37. The minimum absolute atomic E-state index is 0.266. The van der Waals surface area contributed by atoms with Crippen LogP contribution in [0.5, 0.6) is 11.5 Å². The van der Waals surface area contributed by atoms with Crippen molar-refractivity contribution >= 4 is 17.7 Å². The number of nitrogens with one attached hydrogen (secondary N) is 1.